The second kappa shape index (κ2) is 6.57. The standard InChI is InChI=1S/C19H17NO4S/c1-24-18-11-10-17(15-8-3-4-9-16(15)18)20-19(21)13-6-5-7-14(12-13)25(2,22)23/h3-12H,1-2H3,(H,20,21). The number of ether oxygens (including phenoxy) is 1. The third-order valence-corrected chi connectivity index (χ3v) is 4.99. The number of rotatable bonds is 4. The largest absolute Gasteiger partial charge is 0.496 e. The van der Waals surface area contributed by atoms with Crippen molar-refractivity contribution < 1.29 is 17.9 Å². The molecule has 0 saturated heterocycles. The van der Waals surface area contributed by atoms with Crippen molar-refractivity contribution in [3.05, 3.63) is 66.2 Å². The number of fused-ring (bicyclic) bond motifs is 1. The Morgan fingerprint density at radius 2 is 1.68 bits per heavy atom. The van der Waals surface area contributed by atoms with E-state index in [2.05, 4.69) is 5.32 Å². The van der Waals surface area contributed by atoms with Gasteiger partial charge in [0.25, 0.3) is 5.91 Å². The van der Waals surface area contributed by atoms with E-state index in [1.807, 2.05) is 24.3 Å². The molecule has 0 aliphatic rings. The Morgan fingerprint density at radius 3 is 2.36 bits per heavy atom. The quantitative estimate of drug-likeness (QED) is 0.777. The summed E-state index contributed by atoms with van der Waals surface area (Å²) in [4.78, 5) is 12.7. The van der Waals surface area contributed by atoms with Gasteiger partial charge in [-0.1, -0.05) is 30.3 Å². The number of anilines is 1. The Labute approximate surface area is 146 Å². The lowest BCUT2D eigenvalue weighted by Gasteiger charge is -2.12. The maximum absolute atomic E-state index is 12.6. The predicted octanol–water partition coefficient (Wildman–Crippen LogP) is 3.50. The number of hydrogen-bond acceptors (Lipinski definition) is 4. The average molecular weight is 355 g/mol. The monoisotopic (exact) mass is 355 g/mol. The Hall–Kier alpha value is -2.86. The Balaban J connectivity index is 1.98. The van der Waals surface area contributed by atoms with E-state index in [4.69, 9.17) is 4.74 Å². The summed E-state index contributed by atoms with van der Waals surface area (Å²) in [7, 11) is -1.78. The van der Waals surface area contributed by atoms with Crippen LogP contribution in [0.25, 0.3) is 10.8 Å². The van der Waals surface area contributed by atoms with Gasteiger partial charge in [0.15, 0.2) is 9.84 Å². The van der Waals surface area contributed by atoms with Crippen LogP contribution in [-0.2, 0) is 9.84 Å². The molecule has 5 nitrogen and oxygen atoms in total. The van der Waals surface area contributed by atoms with E-state index in [0.29, 0.717) is 11.4 Å². The van der Waals surface area contributed by atoms with E-state index < -0.39 is 9.84 Å². The molecule has 0 aliphatic carbocycles. The molecule has 3 aromatic carbocycles. The van der Waals surface area contributed by atoms with E-state index in [-0.39, 0.29) is 16.4 Å². The highest BCUT2D eigenvalue weighted by Gasteiger charge is 2.13. The number of benzene rings is 3. The van der Waals surface area contributed by atoms with Gasteiger partial charge in [0.2, 0.25) is 0 Å². The number of amides is 1. The molecule has 3 rings (SSSR count). The van der Waals surface area contributed by atoms with Gasteiger partial charge in [0.1, 0.15) is 5.75 Å². The molecule has 0 aromatic heterocycles. The van der Waals surface area contributed by atoms with Gasteiger partial charge in [-0.2, -0.15) is 0 Å². The van der Waals surface area contributed by atoms with Crippen LogP contribution in [0.4, 0.5) is 5.69 Å². The van der Waals surface area contributed by atoms with Crippen LogP contribution in [0.5, 0.6) is 5.75 Å². The van der Waals surface area contributed by atoms with Gasteiger partial charge in [0, 0.05) is 28.3 Å². The highest BCUT2D eigenvalue weighted by Crippen LogP contribution is 2.31. The van der Waals surface area contributed by atoms with Crippen molar-refractivity contribution in [2.24, 2.45) is 0 Å². The molecular weight excluding hydrogens is 338 g/mol. The second-order valence-electron chi connectivity index (χ2n) is 5.62. The first kappa shape index (κ1) is 17.0. The van der Waals surface area contributed by atoms with Gasteiger partial charge in [0.05, 0.1) is 12.0 Å². The van der Waals surface area contributed by atoms with E-state index in [1.165, 1.54) is 12.1 Å². The summed E-state index contributed by atoms with van der Waals surface area (Å²) in [5.41, 5.74) is 0.911. The molecule has 0 atom stereocenters. The van der Waals surface area contributed by atoms with Crippen LogP contribution in [-0.4, -0.2) is 27.7 Å². The molecule has 128 valence electrons. The maximum Gasteiger partial charge on any atom is 0.255 e. The normalized spacial score (nSPS) is 11.3. The van der Waals surface area contributed by atoms with Crippen molar-refractivity contribution in [1.29, 1.82) is 0 Å². The summed E-state index contributed by atoms with van der Waals surface area (Å²) in [6, 6.07) is 17.1. The minimum absolute atomic E-state index is 0.111. The van der Waals surface area contributed by atoms with E-state index in [1.54, 1.807) is 31.4 Å². The van der Waals surface area contributed by atoms with Crippen molar-refractivity contribution in [3.63, 3.8) is 0 Å². The molecule has 0 bridgehead atoms. The van der Waals surface area contributed by atoms with E-state index in [9.17, 15) is 13.2 Å². The SMILES string of the molecule is COc1ccc(NC(=O)c2cccc(S(C)(=O)=O)c2)c2ccccc12. The van der Waals surface area contributed by atoms with E-state index >= 15 is 0 Å². The molecule has 0 radical (unpaired) electrons. The zero-order valence-corrected chi connectivity index (χ0v) is 14.6. The number of hydrogen-bond donors (Lipinski definition) is 1. The van der Waals surface area contributed by atoms with Crippen LogP contribution in [0.1, 0.15) is 10.4 Å². The summed E-state index contributed by atoms with van der Waals surface area (Å²) in [6.07, 6.45) is 1.11. The minimum atomic E-state index is -3.37. The second-order valence-corrected chi connectivity index (χ2v) is 7.63. The molecule has 0 fully saturated rings. The lowest BCUT2D eigenvalue weighted by atomic mass is 10.1. The summed E-state index contributed by atoms with van der Waals surface area (Å²) in [6.45, 7) is 0. The topological polar surface area (TPSA) is 72.5 Å². The lowest BCUT2D eigenvalue weighted by molar-refractivity contribution is 0.102. The number of sulfone groups is 1. The fourth-order valence-electron chi connectivity index (χ4n) is 2.62. The molecule has 3 aromatic rings. The van der Waals surface area contributed by atoms with Crippen LogP contribution < -0.4 is 10.1 Å². The number of carbonyl (C=O) groups is 1. The molecule has 6 heteroatoms. The van der Waals surface area contributed by atoms with Crippen LogP contribution in [0.2, 0.25) is 0 Å². The Kier molecular flexibility index (Phi) is 4.46. The van der Waals surface area contributed by atoms with Crippen LogP contribution in [0, 0.1) is 0 Å². The van der Waals surface area contributed by atoms with Gasteiger partial charge in [-0.05, 0) is 30.3 Å². The number of nitrogens with one attached hydrogen (secondary N) is 1. The van der Waals surface area contributed by atoms with Crippen LogP contribution in [0.15, 0.2) is 65.6 Å². The Morgan fingerprint density at radius 1 is 0.960 bits per heavy atom. The summed E-state index contributed by atoms with van der Waals surface area (Å²) in [5.74, 6) is 0.341. The third kappa shape index (κ3) is 3.49. The number of carbonyl (C=O) groups excluding carboxylic acids is 1. The van der Waals surface area contributed by atoms with Crippen molar-refractivity contribution in [1.82, 2.24) is 0 Å². The van der Waals surface area contributed by atoms with Crippen LogP contribution in [0.3, 0.4) is 0 Å². The minimum Gasteiger partial charge on any atom is -0.496 e. The van der Waals surface area contributed by atoms with Crippen molar-refractivity contribution in [2.45, 2.75) is 4.90 Å². The summed E-state index contributed by atoms with van der Waals surface area (Å²) in [5, 5.41) is 4.57. The van der Waals surface area contributed by atoms with Crippen molar-refractivity contribution in [2.75, 3.05) is 18.7 Å². The third-order valence-electron chi connectivity index (χ3n) is 3.88. The maximum atomic E-state index is 12.6. The summed E-state index contributed by atoms with van der Waals surface area (Å²) < 4.78 is 28.7. The molecule has 25 heavy (non-hydrogen) atoms. The zero-order chi connectivity index (χ0) is 18.0. The van der Waals surface area contributed by atoms with Gasteiger partial charge in [-0.3, -0.25) is 4.79 Å². The molecule has 0 saturated carbocycles. The molecule has 0 spiro atoms. The first-order valence-electron chi connectivity index (χ1n) is 7.57. The van der Waals surface area contributed by atoms with Crippen LogP contribution >= 0.6 is 0 Å². The fourth-order valence-corrected chi connectivity index (χ4v) is 3.29. The van der Waals surface area contributed by atoms with Gasteiger partial charge in [-0.15, -0.1) is 0 Å². The Bertz CT molecular complexity index is 1060. The molecule has 0 heterocycles. The molecule has 1 amide bonds. The van der Waals surface area contributed by atoms with Gasteiger partial charge in [-0.25, -0.2) is 8.42 Å². The lowest BCUT2D eigenvalue weighted by Crippen LogP contribution is -2.13. The highest BCUT2D eigenvalue weighted by molar-refractivity contribution is 7.90. The molecule has 0 unspecified atom stereocenters. The molecule has 0 aliphatic heterocycles. The van der Waals surface area contributed by atoms with Gasteiger partial charge < -0.3 is 10.1 Å². The first-order valence-corrected chi connectivity index (χ1v) is 9.46. The highest BCUT2D eigenvalue weighted by atomic mass is 32.2. The smallest absolute Gasteiger partial charge is 0.255 e. The average Bonchev–Trinajstić information content (AvgIpc) is 2.61. The van der Waals surface area contributed by atoms with Crippen molar-refractivity contribution in [3.8, 4) is 5.75 Å². The summed E-state index contributed by atoms with van der Waals surface area (Å²) >= 11 is 0. The fraction of sp³-hybridized carbons (Fsp3) is 0.105. The number of methoxy groups -OCH3 is 1. The van der Waals surface area contributed by atoms with Crippen molar-refractivity contribution >= 4 is 32.2 Å². The van der Waals surface area contributed by atoms with E-state index in [0.717, 1.165) is 17.0 Å². The molecular formula is C19H17NO4S. The zero-order valence-electron chi connectivity index (χ0n) is 13.8. The van der Waals surface area contributed by atoms with Gasteiger partial charge >= 0.3 is 0 Å². The first-order chi connectivity index (χ1) is 11.9. The molecule has 1 N–H and O–H groups in total. The predicted molar refractivity (Wildman–Crippen MR) is 98.0 cm³/mol.